The SMILES string of the molecule is CNC(=O)c1cc(-c2cccc(C(=O)O)c2)c(F)cc1OC. The van der Waals surface area contributed by atoms with Crippen molar-refractivity contribution in [1.82, 2.24) is 5.32 Å². The number of carbonyl (C=O) groups excluding carboxylic acids is 1. The van der Waals surface area contributed by atoms with Crippen molar-refractivity contribution in [3.63, 3.8) is 0 Å². The number of ether oxygens (including phenoxy) is 1. The van der Waals surface area contributed by atoms with E-state index < -0.39 is 17.7 Å². The number of carboxylic acid groups (broad SMARTS) is 1. The Hall–Kier alpha value is -2.89. The van der Waals surface area contributed by atoms with Gasteiger partial charge in [0, 0.05) is 18.7 Å². The lowest BCUT2D eigenvalue weighted by Gasteiger charge is -2.11. The minimum atomic E-state index is -1.11. The topological polar surface area (TPSA) is 75.6 Å². The first-order valence-electron chi connectivity index (χ1n) is 6.41. The van der Waals surface area contributed by atoms with Gasteiger partial charge in [-0.3, -0.25) is 4.79 Å². The summed E-state index contributed by atoms with van der Waals surface area (Å²) < 4.78 is 19.3. The third-order valence-electron chi connectivity index (χ3n) is 3.18. The van der Waals surface area contributed by atoms with Gasteiger partial charge in [-0.25, -0.2) is 9.18 Å². The van der Waals surface area contributed by atoms with Crippen molar-refractivity contribution in [2.24, 2.45) is 0 Å². The molecule has 0 radical (unpaired) electrons. The van der Waals surface area contributed by atoms with E-state index >= 15 is 0 Å². The summed E-state index contributed by atoms with van der Waals surface area (Å²) in [5.41, 5.74) is 0.698. The molecule has 0 unspecified atom stereocenters. The van der Waals surface area contributed by atoms with E-state index in [2.05, 4.69) is 5.32 Å². The fourth-order valence-corrected chi connectivity index (χ4v) is 2.08. The van der Waals surface area contributed by atoms with Crippen LogP contribution in [-0.4, -0.2) is 31.1 Å². The standard InChI is InChI=1S/C16H14FNO4/c1-18-15(19)12-7-11(13(17)8-14(12)22-2)9-4-3-5-10(6-9)16(20)21/h3-8H,1-2H3,(H,18,19)(H,20,21). The third kappa shape index (κ3) is 2.90. The highest BCUT2D eigenvalue weighted by molar-refractivity contribution is 5.98. The average Bonchev–Trinajstić information content (AvgIpc) is 2.53. The van der Waals surface area contributed by atoms with E-state index in [4.69, 9.17) is 9.84 Å². The zero-order valence-corrected chi connectivity index (χ0v) is 12.0. The lowest BCUT2D eigenvalue weighted by molar-refractivity contribution is 0.0696. The van der Waals surface area contributed by atoms with Crippen molar-refractivity contribution in [1.29, 1.82) is 0 Å². The average molecular weight is 303 g/mol. The number of benzene rings is 2. The zero-order chi connectivity index (χ0) is 16.3. The van der Waals surface area contributed by atoms with Gasteiger partial charge >= 0.3 is 5.97 Å². The Kier molecular flexibility index (Phi) is 4.41. The first-order valence-corrected chi connectivity index (χ1v) is 6.41. The minimum absolute atomic E-state index is 0.0363. The molecule has 1 amide bonds. The molecule has 0 bridgehead atoms. The van der Waals surface area contributed by atoms with Crippen molar-refractivity contribution in [2.75, 3.05) is 14.2 Å². The molecular weight excluding hydrogens is 289 g/mol. The molecule has 114 valence electrons. The van der Waals surface area contributed by atoms with Crippen LogP contribution in [0.3, 0.4) is 0 Å². The summed E-state index contributed by atoms with van der Waals surface area (Å²) in [5, 5.41) is 11.5. The summed E-state index contributed by atoms with van der Waals surface area (Å²) in [6.45, 7) is 0. The number of methoxy groups -OCH3 is 1. The number of halogens is 1. The molecule has 0 saturated heterocycles. The zero-order valence-electron chi connectivity index (χ0n) is 12.0. The summed E-state index contributed by atoms with van der Waals surface area (Å²) in [4.78, 5) is 22.9. The van der Waals surface area contributed by atoms with Gasteiger partial charge in [0.1, 0.15) is 11.6 Å². The van der Waals surface area contributed by atoms with Gasteiger partial charge in [0.25, 0.3) is 5.91 Å². The molecule has 0 fully saturated rings. The van der Waals surface area contributed by atoms with E-state index in [1.54, 1.807) is 6.07 Å². The first-order chi connectivity index (χ1) is 10.5. The highest BCUT2D eigenvalue weighted by Gasteiger charge is 2.17. The summed E-state index contributed by atoms with van der Waals surface area (Å²) in [5.74, 6) is -2.03. The maximum atomic E-state index is 14.2. The second-order valence-corrected chi connectivity index (χ2v) is 4.50. The molecule has 2 rings (SSSR count). The summed E-state index contributed by atoms with van der Waals surface area (Å²) in [6.07, 6.45) is 0. The number of carboxylic acids is 1. The second-order valence-electron chi connectivity index (χ2n) is 4.50. The molecule has 2 N–H and O–H groups in total. The molecule has 0 saturated carbocycles. The Bertz CT molecular complexity index is 743. The number of nitrogens with one attached hydrogen (secondary N) is 1. The van der Waals surface area contributed by atoms with Gasteiger partial charge < -0.3 is 15.2 Å². The molecule has 22 heavy (non-hydrogen) atoms. The maximum Gasteiger partial charge on any atom is 0.335 e. The van der Waals surface area contributed by atoms with Crippen molar-refractivity contribution in [3.05, 3.63) is 53.3 Å². The molecule has 0 atom stereocenters. The molecule has 2 aromatic carbocycles. The second kappa shape index (κ2) is 6.26. The van der Waals surface area contributed by atoms with Crippen molar-refractivity contribution in [2.45, 2.75) is 0 Å². The van der Waals surface area contributed by atoms with Crippen LogP contribution in [0.15, 0.2) is 36.4 Å². The summed E-state index contributed by atoms with van der Waals surface area (Å²) >= 11 is 0. The molecule has 0 aliphatic rings. The number of aromatic carboxylic acids is 1. The van der Waals surface area contributed by atoms with Gasteiger partial charge in [-0.05, 0) is 23.8 Å². The highest BCUT2D eigenvalue weighted by atomic mass is 19.1. The van der Waals surface area contributed by atoms with Crippen LogP contribution in [0.25, 0.3) is 11.1 Å². The number of hydrogen-bond acceptors (Lipinski definition) is 3. The highest BCUT2D eigenvalue weighted by Crippen LogP contribution is 2.30. The quantitative estimate of drug-likeness (QED) is 0.910. The van der Waals surface area contributed by atoms with Crippen LogP contribution < -0.4 is 10.1 Å². The van der Waals surface area contributed by atoms with Crippen LogP contribution >= 0.6 is 0 Å². The van der Waals surface area contributed by atoms with Gasteiger partial charge in [-0.1, -0.05) is 12.1 Å². The van der Waals surface area contributed by atoms with Gasteiger partial charge in [-0.15, -0.1) is 0 Å². The summed E-state index contributed by atoms with van der Waals surface area (Å²) in [7, 11) is 2.79. The Morgan fingerprint density at radius 1 is 1.23 bits per heavy atom. The van der Waals surface area contributed by atoms with Crippen molar-refractivity contribution >= 4 is 11.9 Å². The predicted octanol–water partition coefficient (Wildman–Crippen LogP) is 2.56. The molecule has 5 nitrogen and oxygen atoms in total. The molecule has 0 spiro atoms. The van der Waals surface area contributed by atoms with E-state index in [0.29, 0.717) is 5.56 Å². The molecule has 0 aromatic heterocycles. The Morgan fingerprint density at radius 3 is 2.55 bits per heavy atom. The van der Waals surface area contributed by atoms with Gasteiger partial charge in [0.2, 0.25) is 0 Å². The number of carbonyl (C=O) groups is 2. The fraction of sp³-hybridized carbons (Fsp3) is 0.125. The van der Waals surface area contributed by atoms with Gasteiger partial charge in [0.05, 0.1) is 18.2 Å². The normalized spacial score (nSPS) is 10.1. The van der Waals surface area contributed by atoms with E-state index in [9.17, 15) is 14.0 Å². The largest absolute Gasteiger partial charge is 0.496 e. The molecule has 2 aromatic rings. The van der Waals surface area contributed by atoms with Crippen LogP contribution in [0.5, 0.6) is 5.75 Å². The number of amides is 1. The Balaban J connectivity index is 2.62. The fourth-order valence-electron chi connectivity index (χ4n) is 2.08. The lowest BCUT2D eigenvalue weighted by Crippen LogP contribution is -2.19. The van der Waals surface area contributed by atoms with Gasteiger partial charge in [0.15, 0.2) is 0 Å². The molecule has 6 heteroatoms. The van der Waals surface area contributed by atoms with Crippen molar-refractivity contribution in [3.8, 4) is 16.9 Å². The Morgan fingerprint density at radius 2 is 1.95 bits per heavy atom. The van der Waals surface area contributed by atoms with Crippen molar-refractivity contribution < 1.29 is 23.8 Å². The predicted molar refractivity (Wildman–Crippen MR) is 78.7 cm³/mol. The number of hydrogen-bond donors (Lipinski definition) is 2. The van der Waals surface area contributed by atoms with E-state index in [0.717, 1.165) is 6.07 Å². The van der Waals surface area contributed by atoms with Crippen LogP contribution in [0.2, 0.25) is 0 Å². The van der Waals surface area contributed by atoms with Gasteiger partial charge in [-0.2, -0.15) is 0 Å². The molecule has 0 aliphatic carbocycles. The third-order valence-corrected chi connectivity index (χ3v) is 3.18. The van der Waals surface area contributed by atoms with E-state index in [1.807, 2.05) is 0 Å². The van der Waals surface area contributed by atoms with Crippen LogP contribution in [0.4, 0.5) is 4.39 Å². The smallest absolute Gasteiger partial charge is 0.335 e. The maximum absolute atomic E-state index is 14.2. The first kappa shape index (κ1) is 15.5. The van der Waals surface area contributed by atoms with Crippen LogP contribution in [0, 0.1) is 5.82 Å². The lowest BCUT2D eigenvalue weighted by atomic mass is 9.99. The molecular formula is C16H14FNO4. The van der Waals surface area contributed by atoms with Crippen LogP contribution in [0.1, 0.15) is 20.7 Å². The van der Waals surface area contributed by atoms with E-state index in [1.165, 1.54) is 38.4 Å². The molecule has 0 heterocycles. The van der Waals surface area contributed by atoms with E-state index in [-0.39, 0.29) is 22.4 Å². The number of rotatable bonds is 4. The monoisotopic (exact) mass is 303 g/mol. The summed E-state index contributed by atoms with van der Waals surface area (Å²) in [6, 6.07) is 8.29. The molecule has 0 aliphatic heterocycles. The van der Waals surface area contributed by atoms with Crippen LogP contribution in [-0.2, 0) is 0 Å². The Labute approximate surface area is 126 Å². The minimum Gasteiger partial charge on any atom is -0.496 e.